The second-order valence-electron chi connectivity index (χ2n) is 11.1. The normalized spacial score (nSPS) is 21.1. The topological polar surface area (TPSA) is 151 Å². The number of nitro groups is 2. The van der Waals surface area contributed by atoms with Crippen molar-refractivity contribution < 1.29 is 28.9 Å². The number of hydrogen-bond donors (Lipinski definition) is 1. The second kappa shape index (κ2) is 13.4. The lowest BCUT2D eigenvalue weighted by atomic mass is 9.77. The van der Waals surface area contributed by atoms with Crippen LogP contribution in [0.2, 0.25) is 0 Å². The maximum atomic E-state index is 13.4. The lowest BCUT2D eigenvalue weighted by Crippen LogP contribution is -2.31. The van der Waals surface area contributed by atoms with Crippen LogP contribution >= 0.6 is 23.4 Å². The van der Waals surface area contributed by atoms with E-state index in [1.54, 1.807) is 67.6 Å². The Hall–Kier alpha value is -4.94. The number of anilines is 1. The van der Waals surface area contributed by atoms with Crippen molar-refractivity contribution in [1.29, 1.82) is 0 Å². The predicted octanol–water partition coefficient (Wildman–Crippen LogP) is 7.94. The second-order valence-corrected chi connectivity index (χ2v) is 12.9. The first-order chi connectivity index (χ1) is 22.7. The van der Waals surface area contributed by atoms with Crippen LogP contribution in [-0.2, 0) is 4.74 Å². The Balaban J connectivity index is 1.35. The molecular formula is C34H28ClN3O8S. The van der Waals surface area contributed by atoms with Crippen LogP contribution < -0.4 is 10.1 Å². The number of halogens is 1. The Kier molecular flexibility index (Phi) is 9.15. The highest BCUT2D eigenvalue weighted by atomic mass is 35.5. The molecular weight excluding hydrogens is 646 g/mol. The van der Waals surface area contributed by atoms with Crippen molar-refractivity contribution in [3.8, 4) is 5.75 Å². The predicted molar refractivity (Wildman–Crippen MR) is 176 cm³/mol. The molecule has 0 spiro atoms. The molecule has 1 aliphatic carbocycles. The number of nitrogens with one attached hydrogen (secondary N) is 1. The summed E-state index contributed by atoms with van der Waals surface area (Å²) >= 11 is 8.61. The third-order valence-corrected chi connectivity index (χ3v) is 10.6. The maximum Gasteiger partial charge on any atom is 0.343 e. The van der Waals surface area contributed by atoms with Gasteiger partial charge in [-0.15, -0.1) is 23.4 Å². The van der Waals surface area contributed by atoms with Gasteiger partial charge in [0.25, 0.3) is 11.4 Å². The van der Waals surface area contributed by atoms with Crippen molar-refractivity contribution in [2.75, 3.05) is 11.9 Å². The summed E-state index contributed by atoms with van der Waals surface area (Å²) in [5, 5.41) is 25.9. The lowest BCUT2D eigenvalue weighted by Gasteiger charge is -2.38. The molecule has 6 rings (SSSR count). The number of non-ortho nitro benzene ring substituents is 1. The zero-order chi connectivity index (χ0) is 33.2. The van der Waals surface area contributed by atoms with Gasteiger partial charge in [0.15, 0.2) is 0 Å². The number of carbonyl (C=O) groups is 2. The Morgan fingerprint density at radius 3 is 2.38 bits per heavy atom. The third-order valence-electron chi connectivity index (χ3n) is 8.44. The smallest absolute Gasteiger partial charge is 0.343 e. The summed E-state index contributed by atoms with van der Waals surface area (Å²) in [5.74, 6) is -1.62. The van der Waals surface area contributed by atoms with Crippen LogP contribution in [-0.4, -0.2) is 39.0 Å². The van der Waals surface area contributed by atoms with Crippen LogP contribution in [0.5, 0.6) is 5.75 Å². The zero-order valence-corrected chi connectivity index (χ0v) is 26.5. The van der Waals surface area contributed by atoms with E-state index in [4.69, 9.17) is 21.1 Å². The summed E-state index contributed by atoms with van der Waals surface area (Å²) in [6, 6.07) is 24.1. The van der Waals surface area contributed by atoms with E-state index in [0.717, 1.165) is 16.8 Å². The molecule has 2 aliphatic rings. The molecule has 5 atom stereocenters. The number of alkyl halides is 1. The van der Waals surface area contributed by atoms with Gasteiger partial charge in [-0.1, -0.05) is 36.4 Å². The maximum absolute atomic E-state index is 13.4. The summed E-state index contributed by atoms with van der Waals surface area (Å²) in [7, 11) is 0. The summed E-state index contributed by atoms with van der Waals surface area (Å²) in [6.45, 7) is 1.85. The van der Waals surface area contributed by atoms with Gasteiger partial charge >= 0.3 is 11.9 Å². The fourth-order valence-corrected chi connectivity index (χ4v) is 8.28. The van der Waals surface area contributed by atoms with Crippen LogP contribution in [0.1, 0.15) is 57.1 Å². The van der Waals surface area contributed by atoms with Crippen LogP contribution in [0.15, 0.2) is 95.9 Å². The number of nitrogens with zero attached hydrogens (tertiary/aromatic N) is 2. The average Bonchev–Trinajstić information content (AvgIpc) is 3.40. The summed E-state index contributed by atoms with van der Waals surface area (Å²) in [4.78, 5) is 48.6. The van der Waals surface area contributed by atoms with Crippen molar-refractivity contribution in [3.05, 3.63) is 133 Å². The van der Waals surface area contributed by atoms with Gasteiger partial charge in [-0.25, -0.2) is 9.59 Å². The number of rotatable bonds is 9. The molecule has 240 valence electrons. The quantitative estimate of drug-likeness (QED) is 0.0609. The first-order valence-electron chi connectivity index (χ1n) is 14.8. The van der Waals surface area contributed by atoms with Gasteiger partial charge in [-0.3, -0.25) is 20.2 Å². The van der Waals surface area contributed by atoms with E-state index < -0.39 is 27.2 Å². The molecule has 1 fully saturated rings. The molecule has 47 heavy (non-hydrogen) atoms. The van der Waals surface area contributed by atoms with Crippen molar-refractivity contribution in [2.24, 2.45) is 5.92 Å². The SMILES string of the molecule is CCOC(=O)c1ccccc1OC(=O)c1ccc2c(c1)[C@@H]1[C@H](Cl)[C@H](Sc3ccccc3[N+](=O)[O-])C[C@H]1[C@H](c1ccc([N+](=O)[O-])cc1)N2. The molecule has 0 radical (unpaired) electrons. The fraction of sp³-hybridized carbons (Fsp3) is 0.235. The van der Waals surface area contributed by atoms with Crippen molar-refractivity contribution in [3.63, 3.8) is 0 Å². The number of esters is 2. The minimum atomic E-state index is -0.673. The van der Waals surface area contributed by atoms with Gasteiger partial charge in [0, 0.05) is 35.1 Å². The molecule has 4 aromatic carbocycles. The number of para-hydroxylation sites is 2. The third kappa shape index (κ3) is 6.38. The van der Waals surface area contributed by atoms with Crippen LogP contribution in [0.3, 0.4) is 0 Å². The molecule has 0 amide bonds. The van der Waals surface area contributed by atoms with Gasteiger partial charge in [0.05, 0.1) is 38.3 Å². The Bertz CT molecular complexity index is 1870. The molecule has 1 heterocycles. The summed E-state index contributed by atoms with van der Waals surface area (Å²) in [6.07, 6.45) is 0.575. The first kappa shape index (κ1) is 32.0. The minimum Gasteiger partial charge on any atom is -0.462 e. The molecule has 1 saturated carbocycles. The van der Waals surface area contributed by atoms with E-state index in [1.807, 2.05) is 0 Å². The first-order valence-corrected chi connectivity index (χ1v) is 16.1. The zero-order valence-electron chi connectivity index (χ0n) is 24.9. The van der Waals surface area contributed by atoms with Gasteiger partial charge in [-0.2, -0.15) is 0 Å². The number of hydrogen-bond acceptors (Lipinski definition) is 10. The molecule has 11 nitrogen and oxygen atoms in total. The molecule has 13 heteroatoms. The minimum absolute atomic E-state index is 0.00480. The van der Waals surface area contributed by atoms with E-state index in [2.05, 4.69) is 5.32 Å². The monoisotopic (exact) mass is 673 g/mol. The highest BCUT2D eigenvalue weighted by molar-refractivity contribution is 8.00. The van der Waals surface area contributed by atoms with Crippen molar-refractivity contribution in [1.82, 2.24) is 0 Å². The highest BCUT2D eigenvalue weighted by Crippen LogP contribution is 2.58. The lowest BCUT2D eigenvalue weighted by molar-refractivity contribution is -0.387. The molecule has 1 aliphatic heterocycles. The van der Waals surface area contributed by atoms with E-state index in [0.29, 0.717) is 11.3 Å². The van der Waals surface area contributed by atoms with Gasteiger partial charge in [0.1, 0.15) is 11.3 Å². The molecule has 0 aromatic heterocycles. The van der Waals surface area contributed by atoms with E-state index >= 15 is 0 Å². The van der Waals surface area contributed by atoms with E-state index in [-0.39, 0.29) is 58.0 Å². The number of benzene rings is 4. The van der Waals surface area contributed by atoms with Gasteiger partial charge < -0.3 is 14.8 Å². The number of thioether (sulfide) groups is 1. The number of carbonyl (C=O) groups excluding carboxylic acids is 2. The molecule has 0 bridgehead atoms. The van der Waals surface area contributed by atoms with E-state index in [9.17, 15) is 29.8 Å². The van der Waals surface area contributed by atoms with Gasteiger partial charge in [0.2, 0.25) is 0 Å². The molecule has 0 unspecified atom stereocenters. The van der Waals surface area contributed by atoms with Crippen molar-refractivity contribution in [2.45, 2.75) is 40.8 Å². The Morgan fingerprint density at radius 2 is 1.66 bits per heavy atom. The standard InChI is InChI=1S/C34H28ClN3O8S/c1-2-45-34(40)22-7-3-5-9-27(22)46-33(39)20-13-16-25-23(17-20)30-24(32(36-25)19-11-14-21(15-12-19)37(41)42)18-29(31(30)35)47-28-10-6-4-8-26(28)38(43)44/h3-17,24,29-32,36H,2,18H2,1H3/t24-,29-,30+,31-,32+/m1/s1. The largest absolute Gasteiger partial charge is 0.462 e. The Morgan fingerprint density at radius 1 is 0.936 bits per heavy atom. The average molecular weight is 674 g/mol. The summed E-state index contributed by atoms with van der Waals surface area (Å²) < 4.78 is 10.8. The molecule has 1 N–H and O–H groups in total. The highest BCUT2D eigenvalue weighted by Gasteiger charge is 2.50. The van der Waals surface area contributed by atoms with E-state index in [1.165, 1.54) is 42.1 Å². The van der Waals surface area contributed by atoms with Crippen LogP contribution in [0.4, 0.5) is 17.1 Å². The number of ether oxygens (including phenoxy) is 2. The number of fused-ring (bicyclic) bond motifs is 3. The van der Waals surface area contributed by atoms with Crippen LogP contribution in [0.25, 0.3) is 0 Å². The molecule has 4 aromatic rings. The van der Waals surface area contributed by atoms with Crippen LogP contribution in [0, 0.1) is 26.1 Å². The number of nitro benzene ring substituents is 2. The van der Waals surface area contributed by atoms with Crippen molar-refractivity contribution >= 4 is 52.4 Å². The Labute approximate surface area is 278 Å². The summed E-state index contributed by atoms with van der Waals surface area (Å²) in [5.41, 5.74) is 2.69. The molecule has 0 saturated heterocycles. The fourth-order valence-electron chi connectivity index (χ4n) is 6.34. The van der Waals surface area contributed by atoms with Gasteiger partial charge in [-0.05, 0) is 66.8 Å².